The number of hydrogen-bond donors (Lipinski definition) is 8. The smallest absolute Gasteiger partial charge is 0.234 e. The summed E-state index contributed by atoms with van der Waals surface area (Å²) in [5.41, 5.74) is 0. The molecule has 2 heterocycles. The maximum Gasteiger partial charge on any atom is 0.234 e. The normalized spacial score (nSPS) is 20.7. The third-order valence-corrected chi connectivity index (χ3v) is 6.82. The van der Waals surface area contributed by atoms with E-state index in [2.05, 4.69) is 52.3 Å². The summed E-state index contributed by atoms with van der Waals surface area (Å²) in [7, 11) is 0. The van der Waals surface area contributed by atoms with Crippen LogP contribution >= 0.6 is 0 Å². The molecule has 0 spiro atoms. The second-order valence-electron chi connectivity index (χ2n) is 10.2. The van der Waals surface area contributed by atoms with E-state index < -0.39 is 0 Å². The van der Waals surface area contributed by atoms with Crippen LogP contribution in [0, 0.1) is 0 Å². The highest BCUT2D eigenvalue weighted by Crippen LogP contribution is 1.98. The summed E-state index contributed by atoms with van der Waals surface area (Å²) < 4.78 is 0. The van der Waals surface area contributed by atoms with Gasteiger partial charge in [0.25, 0.3) is 0 Å². The highest BCUT2D eigenvalue weighted by molar-refractivity contribution is 5.78. The van der Waals surface area contributed by atoms with Gasteiger partial charge in [-0.25, -0.2) is 0 Å². The fourth-order valence-corrected chi connectivity index (χ4v) is 4.52. The molecule has 2 saturated heterocycles. The number of carbonyl (C=O) groups is 2. The van der Waals surface area contributed by atoms with Crippen molar-refractivity contribution >= 4 is 11.8 Å². The van der Waals surface area contributed by atoms with Crippen molar-refractivity contribution in [3.05, 3.63) is 0 Å². The lowest BCUT2D eigenvalue weighted by Crippen LogP contribution is -2.45. The molecule has 0 bridgehead atoms. The quantitative estimate of drug-likeness (QED) is 0.128. The number of nitrogens with one attached hydrogen (secondary N) is 8. The number of nitrogens with zero attached hydrogens (tertiary/aromatic N) is 2. The predicted molar refractivity (Wildman–Crippen MR) is 155 cm³/mol. The van der Waals surface area contributed by atoms with Crippen LogP contribution in [0.5, 0.6) is 0 Å². The third-order valence-electron chi connectivity index (χ3n) is 6.82. The maximum atomic E-state index is 12.4. The lowest BCUT2D eigenvalue weighted by Gasteiger charge is -2.23. The first-order chi connectivity index (χ1) is 18.7. The van der Waals surface area contributed by atoms with Gasteiger partial charge in [-0.3, -0.25) is 19.4 Å². The highest BCUT2D eigenvalue weighted by Gasteiger charge is 2.12. The van der Waals surface area contributed by atoms with E-state index in [9.17, 15) is 9.59 Å². The molecular formula is C26H56N10O2. The Morgan fingerprint density at radius 3 is 1.05 bits per heavy atom. The Morgan fingerprint density at radius 2 is 0.737 bits per heavy atom. The van der Waals surface area contributed by atoms with Crippen LogP contribution in [0.2, 0.25) is 0 Å². The van der Waals surface area contributed by atoms with Crippen LogP contribution < -0.4 is 42.5 Å². The molecular weight excluding hydrogens is 484 g/mol. The van der Waals surface area contributed by atoms with Crippen LogP contribution in [0.4, 0.5) is 0 Å². The molecule has 0 aromatic carbocycles. The SMILES string of the molecule is O=C(CN1CCNCCNCCNCC1)NCCCCCCNC(=O)CN1CCNCCNCCNCC1. The van der Waals surface area contributed by atoms with E-state index in [1.807, 2.05) is 0 Å². The van der Waals surface area contributed by atoms with Gasteiger partial charge in [0.05, 0.1) is 13.1 Å². The third kappa shape index (κ3) is 18.8. The van der Waals surface area contributed by atoms with E-state index in [1.54, 1.807) is 0 Å². The molecule has 0 atom stereocenters. The highest BCUT2D eigenvalue weighted by atomic mass is 16.2. The van der Waals surface area contributed by atoms with Gasteiger partial charge in [-0.2, -0.15) is 0 Å². The molecule has 0 aliphatic carbocycles. The van der Waals surface area contributed by atoms with Gasteiger partial charge in [-0.05, 0) is 12.8 Å². The van der Waals surface area contributed by atoms with Crippen molar-refractivity contribution in [1.29, 1.82) is 0 Å². The molecule has 8 N–H and O–H groups in total. The van der Waals surface area contributed by atoms with E-state index in [0.717, 1.165) is 130 Å². The van der Waals surface area contributed by atoms with Crippen LogP contribution in [-0.2, 0) is 9.59 Å². The largest absolute Gasteiger partial charge is 0.355 e. The summed E-state index contributed by atoms with van der Waals surface area (Å²) in [5, 5.41) is 26.7. The van der Waals surface area contributed by atoms with Gasteiger partial charge in [0, 0.05) is 118 Å². The zero-order valence-electron chi connectivity index (χ0n) is 23.7. The van der Waals surface area contributed by atoms with Crippen LogP contribution in [0.15, 0.2) is 0 Å². The lowest BCUT2D eigenvalue weighted by molar-refractivity contribution is -0.123. The standard InChI is InChI=1S/C26H56N10O2/c37-25(23-35-19-15-29-11-7-27-8-12-30-16-20-35)33-5-3-1-2-4-6-34-26(38)24-36-21-17-31-13-9-28-10-14-32-18-22-36/h27-32H,1-24H2,(H,33,37)(H,34,38). The molecule has 2 aliphatic heterocycles. The van der Waals surface area contributed by atoms with Crippen molar-refractivity contribution in [1.82, 2.24) is 52.3 Å². The summed E-state index contributed by atoms with van der Waals surface area (Å²) in [4.78, 5) is 29.2. The number of rotatable bonds is 11. The van der Waals surface area contributed by atoms with Crippen molar-refractivity contribution in [2.75, 3.05) is 131 Å². The lowest BCUT2D eigenvalue weighted by atomic mass is 10.2. The van der Waals surface area contributed by atoms with Gasteiger partial charge >= 0.3 is 0 Å². The fourth-order valence-electron chi connectivity index (χ4n) is 4.52. The molecule has 0 aromatic rings. The first-order valence-corrected chi connectivity index (χ1v) is 15.0. The molecule has 0 saturated carbocycles. The molecule has 0 aromatic heterocycles. The number of amides is 2. The Labute approximate surface area is 230 Å². The minimum Gasteiger partial charge on any atom is -0.355 e. The van der Waals surface area contributed by atoms with Gasteiger partial charge in [-0.15, -0.1) is 0 Å². The van der Waals surface area contributed by atoms with Gasteiger partial charge < -0.3 is 42.5 Å². The molecule has 38 heavy (non-hydrogen) atoms. The first kappa shape index (κ1) is 32.8. The molecule has 12 nitrogen and oxygen atoms in total. The Balaban J connectivity index is 1.47. The molecule has 2 fully saturated rings. The molecule has 0 radical (unpaired) electrons. The summed E-state index contributed by atoms with van der Waals surface area (Å²) in [6, 6.07) is 0. The van der Waals surface area contributed by atoms with Crippen LogP contribution in [0.3, 0.4) is 0 Å². The average molecular weight is 541 g/mol. The van der Waals surface area contributed by atoms with E-state index in [0.29, 0.717) is 26.2 Å². The van der Waals surface area contributed by atoms with Gasteiger partial charge in [-0.1, -0.05) is 12.8 Å². The van der Waals surface area contributed by atoms with Gasteiger partial charge in [0.15, 0.2) is 0 Å². The maximum absolute atomic E-state index is 12.4. The van der Waals surface area contributed by atoms with Crippen molar-refractivity contribution in [3.8, 4) is 0 Å². The monoisotopic (exact) mass is 540 g/mol. The van der Waals surface area contributed by atoms with E-state index in [1.165, 1.54) is 0 Å². The van der Waals surface area contributed by atoms with Gasteiger partial charge in [0.1, 0.15) is 0 Å². The Hall–Kier alpha value is -1.38. The zero-order chi connectivity index (χ0) is 26.9. The summed E-state index contributed by atoms with van der Waals surface area (Å²) >= 11 is 0. The zero-order valence-corrected chi connectivity index (χ0v) is 23.7. The summed E-state index contributed by atoms with van der Waals surface area (Å²) in [6.45, 7) is 17.2. The first-order valence-electron chi connectivity index (χ1n) is 15.0. The van der Waals surface area contributed by atoms with Crippen molar-refractivity contribution in [3.63, 3.8) is 0 Å². The summed E-state index contributed by atoms with van der Waals surface area (Å²) in [5.74, 6) is 0.213. The molecule has 222 valence electrons. The minimum absolute atomic E-state index is 0.106. The van der Waals surface area contributed by atoms with E-state index in [4.69, 9.17) is 0 Å². The molecule has 0 unspecified atom stereocenters. The van der Waals surface area contributed by atoms with Gasteiger partial charge in [0.2, 0.25) is 11.8 Å². The Bertz CT molecular complexity index is 524. The second kappa shape index (κ2) is 23.5. The van der Waals surface area contributed by atoms with E-state index in [-0.39, 0.29) is 11.8 Å². The number of hydrogen-bond acceptors (Lipinski definition) is 10. The predicted octanol–water partition coefficient (Wildman–Crippen LogP) is -3.05. The van der Waals surface area contributed by atoms with Crippen molar-refractivity contribution in [2.24, 2.45) is 0 Å². The average Bonchev–Trinajstić information content (AvgIpc) is 2.89. The van der Waals surface area contributed by atoms with Crippen LogP contribution in [0.1, 0.15) is 25.7 Å². The molecule has 12 heteroatoms. The Kier molecular flexibility index (Phi) is 20.3. The summed E-state index contributed by atoms with van der Waals surface area (Å²) in [6.07, 6.45) is 4.05. The Morgan fingerprint density at radius 1 is 0.447 bits per heavy atom. The minimum atomic E-state index is 0.106. The number of carbonyl (C=O) groups excluding carboxylic acids is 2. The van der Waals surface area contributed by atoms with Crippen LogP contribution in [-0.4, -0.2) is 153 Å². The molecule has 2 aliphatic rings. The fraction of sp³-hybridized carbons (Fsp3) is 0.923. The van der Waals surface area contributed by atoms with Crippen molar-refractivity contribution < 1.29 is 9.59 Å². The van der Waals surface area contributed by atoms with Crippen LogP contribution in [0.25, 0.3) is 0 Å². The topological polar surface area (TPSA) is 137 Å². The number of unbranched alkanes of at least 4 members (excludes halogenated alkanes) is 3. The molecule has 2 rings (SSSR count). The van der Waals surface area contributed by atoms with E-state index >= 15 is 0 Å². The molecule has 2 amide bonds. The second-order valence-corrected chi connectivity index (χ2v) is 10.2. The van der Waals surface area contributed by atoms with Crippen molar-refractivity contribution in [2.45, 2.75) is 25.7 Å².